The quantitative estimate of drug-likeness (QED) is 0.758. The Labute approximate surface area is 147 Å². The lowest BCUT2D eigenvalue weighted by atomic mass is 10.2. The molecule has 1 aromatic carbocycles. The molecule has 0 fully saturated rings. The van der Waals surface area contributed by atoms with E-state index in [0.29, 0.717) is 19.6 Å². The van der Waals surface area contributed by atoms with Crippen molar-refractivity contribution in [2.75, 3.05) is 18.5 Å². The molecular formula is C17H23ClN2O2S. The van der Waals surface area contributed by atoms with Gasteiger partial charge in [0.15, 0.2) is 0 Å². The fraction of sp³-hybridized carbons (Fsp3) is 0.353. The van der Waals surface area contributed by atoms with Crippen molar-refractivity contribution < 1.29 is 9.53 Å². The Bertz CT molecular complexity index is 599. The molecule has 2 rings (SSSR count). The van der Waals surface area contributed by atoms with Crippen LogP contribution < -0.4 is 15.8 Å². The molecule has 1 aromatic heterocycles. The standard InChI is InChI=1S/C17H22N2O2S.ClH/c1-13-5-10-16(22-13)3-2-4-17(20)19-14-6-8-15(9-7-14)21-12-11-18;/h5-10H,2-4,11-12,18H2,1H3,(H,19,20);1H. The Morgan fingerprint density at radius 2 is 1.96 bits per heavy atom. The molecule has 0 saturated heterocycles. The molecule has 0 bridgehead atoms. The van der Waals surface area contributed by atoms with Crippen LogP contribution in [0, 0.1) is 6.92 Å². The number of ether oxygens (including phenoxy) is 1. The van der Waals surface area contributed by atoms with E-state index in [1.165, 1.54) is 9.75 Å². The summed E-state index contributed by atoms with van der Waals surface area (Å²) >= 11 is 1.80. The minimum Gasteiger partial charge on any atom is -0.492 e. The number of anilines is 1. The van der Waals surface area contributed by atoms with Gasteiger partial charge in [0.05, 0.1) is 0 Å². The number of benzene rings is 1. The second kappa shape index (κ2) is 10.3. The minimum atomic E-state index is 0. The Balaban J connectivity index is 0.00000264. The van der Waals surface area contributed by atoms with Gasteiger partial charge in [-0.2, -0.15) is 0 Å². The van der Waals surface area contributed by atoms with Crippen molar-refractivity contribution in [2.24, 2.45) is 5.73 Å². The Kier molecular flexibility index (Phi) is 8.69. The average molecular weight is 355 g/mol. The predicted molar refractivity (Wildman–Crippen MR) is 98.9 cm³/mol. The first-order chi connectivity index (χ1) is 10.7. The summed E-state index contributed by atoms with van der Waals surface area (Å²) in [5, 5.41) is 2.90. The van der Waals surface area contributed by atoms with Gasteiger partial charge in [-0.05, 0) is 56.2 Å². The van der Waals surface area contributed by atoms with Crippen molar-refractivity contribution in [3.05, 3.63) is 46.2 Å². The Morgan fingerprint density at radius 3 is 2.57 bits per heavy atom. The SMILES string of the molecule is Cc1ccc(CCCC(=O)Nc2ccc(OCCN)cc2)s1.Cl. The highest BCUT2D eigenvalue weighted by atomic mass is 35.5. The molecule has 23 heavy (non-hydrogen) atoms. The van der Waals surface area contributed by atoms with Crippen LogP contribution >= 0.6 is 23.7 Å². The van der Waals surface area contributed by atoms with Crippen LogP contribution in [-0.4, -0.2) is 19.1 Å². The molecule has 0 aliphatic rings. The van der Waals surface area contributed by atoms with Crippen LogP contribution in [0.15, 0.2) is 36.4 Å². The molecule has 1 heterocycles. The summed E-state index contributed by atoms with van der Waals surface area (Å²) in [4.78, 5) is 14.6. The first kappa shape index (κ1) is 19.5. The van der Waals surface area contributed by atoms with Crippen molar-refractivity contribution in [1.82, 2.24) is 0 Å². The fourth-order valence-electron chi connectivity index (χ4n) is 2.08. The van der Waals surface area contributed by atoms with E-state index in [9.17, 15) is 4.79 Å². The van der Waals surface area contributed by atoms with E-state index in [1.54, 1.807) is 11.3 Å². The van der Waals surface area contributed by atoms with E-state index in [4.69, 9.17) is 10.5 Å². The fourth-order valence-corrected chi connectivity index (χ4v) is 3.01. The summed E-state index contributed by atoms with van der Waals surface area (Å²) in [6.45, 7) is 3.08. The number of carbonyl (C=O) groups excluding carboxylic acids is 1. The number of aryl methyl sites for hydroxylation is 2. The van der Waals surface area contributed by atoms with Crippen LogP contribution in [-0.2, 0) is 11.2 Å². The van der Waals surface area contributed by atoms with Gasteiger partial charge in [0.2, 0.25) is 5.91 Å². The van der Waals surface area contributed by atoms with E-state index in [-0.39, 0.29) is 18.3 Å². The van der Waals surface area contributed by atoms with Crippen LogP contribution in [0.4, 0.5) is 5.69 Å². The molecular weight excluding hydrogens is 332 g/mol. The van der Waals surface area contributed by atoms with Crippen molar-refractivity contribution in [1.29, 1.82) is 0 Å². The molecule has 4 nitrogen and oxygen atoms in total. The summed E-state index contributed by atoms with van der Waals surface area (Å²) in [6, 6.07) is 11.6. The molecule has 6 heteroatoms. The first-order valence-corrected chi connectivity index (χ1v) is 8.27. The first-order valence-electron chi connectivity index (χ1n) is 7.45. The second-order valence-corrected chi connectivity index (χ2v) is 6.45. The number of rotatable bonds is 8. The van der Waals surface area contributed by atoms with E-state index in [1.807, 2.05) is 24.3 Å². The van der Waals surface area contributed by atoms with Crippen LogP contribution in [0.1, 0.15) is 22.6 Å². The third-order valence-electron chi connectivity index (χ3n) is 3.15. The van der Waals surface area contributed by atoms with E-state index >= 15 is 0 Å². The van der Waals surface area contributed by atoms with Gasteiger partial charge < -0.3 is 15.8 Å². The van der Waals surface area contributed by atoms with Crippen molar-refractivity contribution >= 4 is 35.3 Å². The van der Waals surface area contributed by atoms with Crippen LogP contribution in [0.2, 0.25) is 0 Å². The summed E-state index contributed by atoms with van der Waals surface area (Å²) in [7, 11) is 0. The maximum atomic E-state index is 11.9. The van der Waals surface area contributed by atoms with Crippen molar-refractivity contribution in [3.63, 3.8) is 0 Å². The summed E-state index contributed by atoms with van der Waals surface area (Å²) in [5.41, 5.74) is 6.17. The zero-order valence-corrected chi connectivity index (χ0v) is 14.8. The smallest absolute Gasteiger partial charge is 0.224 e. The van der Waals surface area contributed by atoms with Crippen molar-refractivity contribution in [2.45, 2.75) is 26.2 Å². The van der Waals surface area contributed by atoms with Gasteiger partial charge in [-0.25, -0.2) is 0 Å². The lowest BCUT2D eigenvalue weighted by molar-refractivity contribution is -0.116. The highest BCUT2D eigenvalue weighted by Gasteiger charge is 2.04. The van der Waals surface area contributed by atoms with E-state index < -0.39 is 0 Å². The lowest BCUT2D eigenvalue weighted by Crippen LogP contribution is -2.12. The number of carbonyl (C=O) groups is 1. The van der Waals surface area contributed by atoms with Crippen LogP contribution in [0.5, 0.6) is 5.75 Å². The molecule has 2 aromatic rings. The normalized spacial score (nSPS) is 10.0. The van der Waals surface area contributed by atoms with Gasteiger partial charge in [-0.1, -0.05) is 0 Å². The second-order valence-electron chi connectivity index (χ2n) is 5.08. The maximum absolute atomic E-state index is 11.9. The number of thiophene rings is 1. The van der Waals surface area contributed by atoms with E-state index in [0.717, 1.165) is 24.3 Å². The highest BCUT2D eigenvalue weighted by Crippen LogP contribution is 2.18. The monoisotopic (exact) mass is 354 g/mol. The van der Waals surface area contributed by atoms with Gasteiger partial charge in [0.25, 0.3) is 0 Å². The number of halogens is 1. The average Bonchev–Trinajstić information content (AvgIpc) is 2.92. The number of nitrogens with two attached hydrogens (primary N) is 1. The summed E-state index contributed by atoms with van der Waals surface area (Å²) < 4.78 is 5.39. The molecule has 0 aliphatic carbocycles. The van der Waals surface area contributed by atoms with Gasteiger partial charge >= 0.3 is 0 Å². The number of amides is 1. The predicted octanol–water partition coefficient (Wildman–Crippen LogP) is 3.78. The Hall–Kier alpha value is -1.56. The van der Waals surface area contributed by atoms with Gasteiger partial charge in [0.1, 0.15) is 12.4 Å². The number of hydrogen-bond acceptors (Lipinski definition) is 4. The molecule has 126 valence electrons. The van der Waals surface area contributed by atoms with Gasteiger partial charge in [-0.15, -0.1) is 23.7 Å². The van der Waals surface area contributed by atoms with Crippen LogP contribution in [0.25, 0.3) is 0 Å². The molecule has 0 spiro atoms. The number of hydrogen-bond donors (Lipinski definition) is 2. The topological polar surface area (TPSA) is 64.3 Å². The highest BCUT2D eigenvalue weighted by molar-refractivity contribution is 7.11. The molecule has 0 saturated carbocycles. The third kappa shape index (κ3) is 7.03. The van der Waals surface area contributed by atoms with Gasteiger partial charge in [-0.3, -0.25) is 4.79 Å². The zero-order valence-electron chi connectivity index (χ0n) is 13.2. The van der Waals surface area contributed by atoms with Crippen molar-refractivity contribution in [3.8, 4) is 5.75 Å². The third-order valence-corrected chi connectivity index (χ3v) is 4.21. The molecule has 0 unspecified atom stereocenters. The maximum Gasteiger partial charge on any atom is 0.224 e. The molecule has 0 atom stereocenters. The van der Waals surface area contributed by atoms with Gasteiger partial charge in [0, 0.05) is 28.4 Å². The molecule has 0 aliphatic heterocycles. The summed E-state index contributed by atoms with van der Waals surface area (Å²) in [6.07, 6.45) is 2.35. The molecule has 1 amide bonds. The zero-order chi connectivity index (χ0) is 15.8. The Morgan fingerprint density at radius 1 is 1.22 bits per heavy atom. The largest absolute Gasteiger partial charge is 0.492 e. The molecule has 0 radical (unpaired) electrons. The minimum absolute atomic E-state index is 0. The lowest BCUT2D eigenvalue weighted by Gasteiger charge is -2.07. The van der Waals surface area contributed by atoms with E-state index in [2.05, 4.69) is 24.4 Å². The number of nitrogens with one attached hydrogen (secondary N) is 1. The summed E-state index contributed by atoms with van der Waals surface area (Å²) in [5.74, 6) is 0.806. The van der Waals surface area contributed by atoms with Crippen LogP contribution in [0.3, 0.4) is 0 Å². The molecule has 3 N–H and O–H groups in total.